The molecule has 0 radical (unpaired) electrons. The molecule has 1 heteroatoms. The summed E-state index contributed by atoms with van der Waals surface area (Å²) in [6, 6.07) is 24.9. The van der Waals surface area contributed by atoms with Crippen molar-refractivity contribution in [3.8, 4) is 16.9 Å². The maximum Gasteiger partial charge on any atom is 0.126 e. The molecule has 0 atom stereocenters. The number of phenols is 1. The molecule has 22 heavy (non-hydrogen) atoms. The van der Waals surface area contributed by atoms with Crippen molar-refractivity contribution in [1.82, 2.24) is 0 Å². The van der Waals surface area contributed by atoms with Gasteiger partial charge in [0.15, 0.2) is 0 Å². The van der Waals surface area contributed by atoms with Gasteiger partial charge in [-0.2, -0.15) is 0 Å². The van der Waals surface area contributed by atoms with Gasteiger partial charge in [-0.05, 0) is 58.0 Å². The number of hydrogen-bond acceptors (Lipinski definition) is 1. The third-order valence-corrected chi connectivity index (χ3v) is 4.32. The molecule has 1 N–H and O–H groups in total. The van der Waals surface area contributed by atoms with E-state index in [4.69, 9.17) is 0 Å². The van der Waals surface area contributed by atoms with Gasteiger partial charge < -0.3 is 5.11 Å². The maximum absolute atomic E-state index is 10.7. The Hall–Kier alpha value is -2.80. The molecule has 0 aromatic heterocycles. The molecule has 1 nitrogen and oxygen atoms in total. The summed E-state index contributed by atoms with van der Waals surface area (Å²) in [7, 11) is 0. The summed E-state index contributed by atoms with van der Waals surface area (Å²) < 4.78 is 0. The Bertz CT molecular complexity index is 985. The normalized spacial score (nSPS) is 11.1. The highest BCUT2D eigenvalue weighted by Crippen LogP contribution is 2.38. The molecule has 0 aliphatic rings. The second-order valence-corrected chi connectivity index (χ2v) is 5.68. The Labute approximate surface area is 129 Å². The van der Waals surface area contributed by atoms with E-state index in [1.165, 1.54) is 5.39 Å². The lowest BCUT2D eigenvalue weighted by molar-refractivity contribution is 0.478. The Balaban J connectivity index is 2.08. The molecule has 0 saturated heterocycles. The van der Waals surface area contributed by atoms with Crippen molar-refractivity contribution in [2.24, 2.45) is 0 Å². The number of rotatable bonds is 1. The van der Waals surface area contributed by atoms with Crippen molar-refractivity contribution in [2.45, 2.75) is 6.92 Å². The molecule has 0 bridgehead atoms. The van der Waals surface area contributed by atoms with Gasteiger partial charge in [0.05, 0.1) is 0 Å². The highest BCUT2D eigenvalue weighted by atomic mass is 16.3. The third kappa shape index (κ3) is 1.94. The molecule has 0 spiro atoms. The summed E-state index contributed by atoms with van der Waals surface area (Å²) in [4.78, 5) is 0. The van der Waals surface area contributed by atoms with Crippen LogP contribution < -0.4 is 0 Å². The van der Waals surface area contributed by atoms with Crippen LogP contribution >= 0.6 is 0 Å². The van der Waals surface area contributed by atoms with E-state index < -0.39 is 0 Å². The highest BCUT2D eigenvalue weighted by Gasteiger charge is 2.11. The van der Waals surface area contributed by atoms with Gasteiger partial charge in [0.25, 0.3) is 0 Å². The van der Waals surface area contributed by atoms with Crippen LogP contribution in [0.3, 0.4) is 0 Å². The van der Waals surface area contributed by atoms with Crippen LogP contribution in [0, 0.1) is 6.92 Å². The van der Waals surface area contributed by atoms with Crippen molar-refractivity contribution in [2.75, 3.05) is 0 Å². The van der Waals surface area contributed by atoms with Gasteiger partial charge >= 0.3 is 0 Å². The standard InChI is InChI=1S/C21H16O/c1-14-19(15-7-3-2-4-8-15)13-18-11-16-9-5-6-10-17(16)12-20(18)21(14)22/h2-13,22H,1H3. The first-order valence-corrected chi connectivity index (χ1v) is 7.44. The average molecular weight is 284 g/mol. The van der Waals surface area contributed by atoms with E-state index in [-0.39, 0.29) is 0 Å². The summed E-state index contributed by atoms with van der Waals surface area (Å²) in [6.07, 6.45) is 0. The largest absolute Gasteiger partial charge is 0.507 e. The van der Waals surface area contributed by atoms with Gasteiger partial charge in [0.1, 0.15) is 5.75 Å². The van der Waals surface area contributed by atoms with Crippen LogP contribution in [0.1, 0.15) is 5.56 Å². The minimum Gasteiger partial charge on any atom is -0.507 e. The minimum atomic E-state index is 0.377. The second kappa shape index (κ2) is 4.88. The predicted octanol–water partition coefficient (Wildman–Crippen LogP) is 5.67. The van der Waals surface area contributed by atoms with Crippen molar-refractivity contribution < 1.29 is 5.11 Å². The van der Waals surface area contributed by atoms with Crippen molar-refractivity contribution in [3.63, 3.8) is 0 Å². The lowest BCUT2D eigenvalue weighted by Gasteiger charge is -2.12. The number of benzene rings is 4. The van der Waals surface area contributed by atoms with Crippen LogP contribution in [0.15, 0.2) is 72.8 Å². The van der Waals surface area contributed by atoms with Crippen molar-refractivity contribution >= 4 is 21.5 Å². The molecule has 0 amide bonds. The minimum absolute atomic E-state index is 0.377. The Morgan fingerprint density at radius 1 is 0.682 bits per heavy atom. The van der Waals surface area contributed by atoms with Gasteiger partial charge in [-0.15, -0.1) is 0 Å². The van der Waals surface area contributed by atoms with Gasteiger partial charge in [-0.1, -0.05) is 54.6 Å². The Kier molecular flexibility index (Phi) is 2.87. The number of aromatic hydroxyl groups is 1. The van der Waals surface area contributed by atoms with Crippen LogP contribution in [0.4, 0.5) is 0 Å². The first-order valence-electron chi connectivity index (χ1n) is 7.44. The molecule has 4 aromatic carbocycles. The smallest absolute Gasteiger partial charge is 0.126 e. The fraction of sp³-hybridized carbons (Fsp3) is 0.0476. The zero-order valence-corrected chi connectivity index (χ0v) is 12.4. The molecular formula is C21H16O. The van der Waals surface area contributed by atoms with Crippen molar-refractivity contribution in [1.29, 1.82) is 0 Å². The van der Waals surface area contributed by atoms with E-state index in [1.54, 1.807) is 0 Å². The third-order valence-electron chi connectivity index (χ3n) is 4.32. The molecule has 0 heterocycles. The van der Waals surface area contributed by atoms with Crippen LogP contribution in [0.5, 0.6) is 5.75 Å². The molecule has 4 aromatic rings. The summed E-state index contributed by atoms with van der Waals surface area (Å²) in [6.45, 7) is 1.98. The quantitative estimate of drug-likeness (QED) is 0.446. The Morgan fingerprint density at radius 3 is 2.05 bits per heavy atom. The SMILES string of the molecule is Cc1c(-c2ccccc2)cc2cc3ccccc3cc2c1O. The monoisotopic (exact) mass is 284 g/mol. The topological polar surface area (TPSA) is 20.2 Å². The summed E-state index contributed by atoms with van der Waals surface area (Å²) in [5, 5.41) is 15.0. The maximum atomic E-state index is 10.7. The van der Waals surface area contributed by atoms with Crippen LogP contribution in [0.25, 0.3) is 32.7 Å². The van der Waals surface area contributed by atoms with E-state index in [0.717, 1.165) is 32.8 Å². The first-order chi connectivity index (χ1) is 10.7. The molecule has 0 aliphatic heterocycles. The van der Waals surface area contributed by atoms with Gasteiger partial charge in [0, 0.05) is 5.39 Å². The average Bonchev–Trinajstić information content (AvgIpc) is 2.57. The highest BCUT2D eigenvalue weighted by molar-refractivity contribution is 6.03. The molecule has 0 saturated carbocycles. The molecule has 4 rings (SSSR count). The predicted molar refractivity (Wildman–Crippen MR) is 93.3 cm³/mol. The molecule has 0 fully saturated rings. The van der Waals surface area contributed by atoms with E-state index in [9.17, 15) is 5.11 Å². The summed E-state index contributed by atoms with van der Waals surface area (Å²) in [5.74, 6) is 0.377. The first kappa shape index (κ1) is 12.9. The lowest BCUT2D eigenvalue weighted by atomic mass is 9.93. The fourth-order valence-corrected chi connectivity index (χ4v) is 3.09. The zero-order valence-electron chi connectivity index (χ0n) is 12.4. The number of phenolic OH excluding ortho intramolecular Hbond substituents is 1. The van der Waals surface area contributed by atoms with Gasteiger partial charge in [0.2, 0.25) is 0 Å². The van der Waals surface area contributed by atoms with E-state index in [2.05, 4.69) is 42.5 Å². The van der Waals surface area contributed by atoms with E-state index in [0.29, 0.717) is 5.75 Å². The molecule has 0 unspecified atom stereocenters. The van der Waals surface area contributed by atoms with Crippen LogP contribution in [-0.4, -0.2) is 5.11 Å². The van der Waals surface area contributed by atoms with E-state index in [1.807, 2.05) is 37.3 Å². The fourth-order valence-electron chi connectivity index (χ4n) is 3.09. The van der Waals surface area contributed by atoms with Crippen molar-refractivity contribution in [3.05, 3.63) is 78.4 Å². The zero-order chi connectivity index (χ0) is 15.1. The lowest BCUT2D eigenvalue weighted by Crippen LogP contribution is -1.87. The summed E-state index contributed by atoms with van der Waals surface area (Å²) >= 11 is 0. The number of fused-ring (bicyclic) bond motifs is 2. The molecule has 0 aliphatic carbocycles. The number of hydrogen-bond donors (Lipinski definition) is 1. The van der Waals surface area contributed by atoms with Crippen LogP contribution in [-0.2, 0) is 0 Å². The molecular weight excluding hydrogens is 268 g/mol. The Morgan fingerprint density at radius 2 is 1.32 bits per heavy atom. The molecule has 106 valence electrons. The van der Waals surface area contributed by atoms with E-state index >= 15 is 0 Å². The van der Waals surface area contributed by atoms with Gasteiger partial charge in [-0.25, -0.2) is 0 Å². The van der Waals surface area contributed by atoms with Crippen LogP contribution in [0.2, 0.25) is 0 Å². The van der Waals surface area contributed by atoms with Gasteiger partial charge in [-0.3, -0.25) is 0 Å². The second-order valence-electron chi connectivity index (χ2n) is 5.68. The summed E-state index contributed by atoms with van der Waals surface area (Å²) in [5.41, 5.74) is 3.14.